The largest absolute Gasteiger partial charge is 0.330 e. The summed E-state index contributed by atoms with van der Waals surface area (Å²) < 4.78 is 1.99. The maximum atomic E-state index is 5.41. The molecule has 62 valence electrons. The van der Waals surface area contributed by atoms with Gasteiger partial charge in [0.25, 0.3) is 0 Å². The normalized spacial score (nSPS) is 10.5. The molecule has 0 aromatic carbocycles. The first kappa shape index (κ1) is 8.27. The van der Waals surface area contributed by atoms with Gasteiger partial charge in [0.2, 0.25) is 0 Å². The van der Waals surface area contributed by atoms with Gasteiger partial charge >= 0.3 is 0 Å². The molecular formula is C8H15N3. The summed E-state index contributed by atoms with van der Waals surface area (Å²) in [5.74, 6) is 0. The van der Waals surface area contributed by atoms with E-state index in [0.29, 0.717) is 6.54 Å². The lowest BCUT2D eigenvalue weighted by Crippen LogP contribution is -2.04. The second kappa shape index (κ2) is 3.53. The van der Waals surface area contributed by atoms with Crippen molar-refractivity contribution in [2.75, 3.05) is 6.54 Å². The Labute approximate surface area is 67.2 Å². The van der Waals surface area contributed by atoms with Gasteiger partial charge in [-0.3, -0.25) is 4.68 Å². The van der Waals surface area contributed by atoms with E-state index in [-0.39, 0.29) is 0 Å². The summed E-state index contributed by atoms with van der Waals surface area (Å²) >= 11 is 0. The number of aromatic nitrogens is 2. The minimum atomic E-state index is 0.681. The number of nitrogens with two attached hydrogens (primary N) is 1. The average molecular weight is 153 g/mol. The van der Waals surface area contributed by atoms with E-state index >= 15 is 0 Å². The van der Waals surface area contributed by atoms with Crippen LogP contribution in [0.1, 0.15) is 18.3 Å². The fraction of sp³-hybridized carbons (Fsp3) is 0.625. The Kier molecular flexibility index (Phi) is 2.65. The summed E-state index contributed by atoms with van der Waals surface area (Å²) in [4.78, 5) is 0. The zero-order valence-corrected chi connectivity index (χ0v) is 7.17. The maximum Gasteiger partial charge on any atom is 0.0639 e. The molecule has 0 atom stereocenters. The highest BCUT2D eigenvalue weighted by Crippen LogP contribution is 2.02. The van der Waals surface area contributed by atoms with E-state index in [4.69, 9.17) is 5.73 Å². The van der Waals surface area contributed by atoms with Crippen molar-refractivity contribution in [1.29, 1.82) is 0 Å². The molecule has 0 aliphatic rings. The third-order valence-electron chi connectivity index (χ3n) is 1.73. The van der Waals surface area contributed by atoms with Crippen molar-refractivity contribution in [3.05, 3.63) is 17.5 Å². The number of nitrogens with zero attached hydrogens (tertiary/aromatic N) is 2. The maximum absolute atomic E-state index is 5.41. The van der Waals surface area contributed by atoms with Crippen molar-refractivity contribution in [3.63, 3.8) is 0 Å². The van der Waals surface area contributed by atoms with Crippen LogP contribution in [0.5, 0.6) is 0 Å². The number of aryl methyl sites for hydroxylation is 2. The molecule has 0 saturated carbocycles. The molecule has 0 unspecified atom stereocenters. The van der Waals surface area contributed by atoms with Gasteiger partial charge in [-0.05, 0) is 26.5 Å². The molecule has 0 amide bonds. The van der Waals surface area contributed by atoms with E-state index < -0.39 is 0 Å². The molecule has 0 bridgehead atoms. The second-order valence-corrected chi connectivity index (χ2v) is 2.63. The van der Waals surface area contributed by atoms with Crippen LogP contribution in [0.3, 0.4) is 0 Å². The van der Waals surface area contributed by atoms with Crippen LogP contribution in [0, 0.1) is 6.92 Å². The van der Waals surface area contributed by atoms with Crippen molar-refractivity contribution >= 4 is 0 Å². The van der Waals surface area contributed by atoms with Gasteiger partial charge in [0, 0.05) is 18.7 Å². The number of hydrogen-bond acceptors (Lipinski definition) is 2. The van der Waals surface area contributed by atoms with Crippen LogP contribution in [0.25, 0.3) is 0 Å². The Morgan fingerprint density at radius 1 is 1.64 bits per heavy atom. The van der Waals surface area contributed by atoms with Gasteiger partial charge in [-0.2, -0.15) is 5.10 Å². The SMILES string of the molecule is CCn1nc(CCN)cc1C. The lowest BCUT2D eigenvalue weighted by Gasteiger charge is -1.96. The molecule has 11 heavy (non-hydrogen) atoms. The van der Waals surface area contributed by atoms with Gasteiger partial charge in [-0.1, -0.05) is 0 Å². The standard InChI is InChI=1S/C8H15N3/c1-3-11-7(2)6-8(10-11)4-5-9/h6H,3-5,9H2,1-2H3. The van der Waals surface area contributed by atoms with Crippen molar-refractivity contribution in [1.82, 2.24) is 9.78 Å². The van der Waals surface area contributed by atoms with Gasteiger partial charge in [0.15, 0.2) is 0 Å². The predicted octanol–water partition coefficient (Wildman–Crippen LogP) is 0.713. The van der Waals surface area contributed by atoms with Crippen LogP contribution in [-0.4, -0.2) is 16.3 Å². The minimum Gasteiger partial charge on any atom is -0.330 e. The van der Waals surface area contributed by atoms with Crippen molar-refractivity contribution in [3.8, 4) is 0 Å². The predicted molar refractivity (Wildman–Crippen MR) is 45.4 cm³/mol. The Hall–Kier alpha value is -0.830. The molecule has 1 heterocycles. The number of hydrogen-bond donors (Lipinski definition) is 1. The van der Waals surface area contributed by atoms with E-state index in [1.165, 1.54) is 5.69 Å². The zero-order valence-electron chi connectivity index (χ0n) is 7.17. The Morgan fingerprint density at radius 2 is 2.36 bits per heavy atom. The van der Waals surface area contributed by atoms with Crippen LogP contribution >= 0.6 is 0 Å². The third-order valence-corrected chi connectivity index (χ3v) is 1.73. The van der Waals surface area contributed by atoms with E-state index in [2.05, 4.69) is 25.0 Å². The summed E-state index contributed by atoms with van der Waals surface area (Å²) in [6.07, 6.45) is 0.883. The summed E-state index contributed by atoms with van der Waals surface area (Å²) in [5, 5.41) is 4.35. The fourth-order valence-electron chi connectivity index (χ4n) is 1.17. The molecular weight excluding hydrogens is 138 g/mol. The topological polar surface area (TPSA) is 43.8 Å². The van der Waals surface area contributed by atoms with Crippen LogP contribution < -0.4 is 5.73 Å². The molecule has 0 spiro atoms. The van der Waals surface area contributed by atoms with Crippen molar-refractivity contribution in [2.45, 2.75) is 26.8 Å². The first-order chi connectivity index (χ1) is 5.27. The fourth-order valence-corrected chi connectivity index (χ4v) is 1.17. The van der Waals surface area contributed by atoms with Crippen molar-refractivity contribution in [2.24, 2.45) is 5.73 Å². The zero-order chi connectivity index (χ0) is 8.27. The number of rotatable bonds is 3. The molecule has 0 aliphatic heterocycles. The smallest absolute Gasteiger partial charge is 0.0639 e. The molecule has 0 radical (unpaired) electrons. The van der Waals surface area contributed by atoms with Gasteiger partial charge in [-0.15, -0.1) is 0 Å². The summed E-state index contributed by atoms with van der Waals surface area (Å²) in [6, 6.07) is 2.09. The quantitative estimate of drug-likeness (QED) is 0.695. The van der Waals surface area contributed by atoms with Crippen LogP contribution in [0.2, 0.25) is 0 Å². The molecule has 3 nitrogen and oxygen atoms in total. The Balaban J connectivity index is 2.77. The highest BCUT2D eigenvalue weighted by atomic mass is 15.3. The average Bonchev–Trinajstić information content (AvgIpc) is 2.32. The molecule has 0 fully saturated rings. The molecule has 2 N–H and O–H groups in total. The summed E-state index contributed by atoms with van der Waals surface area (Å²) in [6.45, 7) is 5.78. The highest BCUT2D eigenvalue weighted by molar-refractivity contribution is 5.08. The van der Waals surface area contributed by atoms with Crippen molar-refractivity contribution < 1.29 is 0 Å². The van der Waals surface area contributed by atoms with Crippen LogP contribution in [0.15, 0.2) is 6.07 Å². The van der Waals surface area contributed by atoms with E-state index in [0.717, 1.165) is 18.7 Å². The van der Waals surface area contributed by atoms with E-state index in [1.54, 1.807) is 0 Å². The first-order valence-corrected chi connectivity index (χ1v) is 4.01. The Morgan fingerprint density at radius 3 is 2.82 bits per heavy atom. The lowest BCUT2D eigenvalue weighted by atomic mass is 10.3. The third kappa shape index (κ3) is 1.80. The van der Waals surface area contributed by atoms with Gasteiger partial charge in [-0.25, -0.2) is 0 Å². The van der Waals surface area contributed by atoms with Gasteiger partial charge in [0.05, 0.1) is 5.69 Å². The minimum absolute atomic E-state index is 0.681. The van der Waals surface area contributed by atoms with E-state index in [9.17, 15) is 0 Å². The monoisotopic (exact) mass is 153 g/mol. The molecule has 1 aromatic heterocycles. The molecule has 1 aromatic rings. The molecule has 0 aliphatic carbocycles. The highest BCUT2D eigenvalue weighted by Gasteiger charge is 2.00. The first-order valence-electron chi connectivity index (χ1n) is 4.01. The Bertz CT molecular complexity index is 227. The lowest BCUT2D eigenvalue weighted by molar-refractivity contribution is 0.628. The summed E-state index contributed by atoms with van der Waals surface area (Å²) in [7, 11) is 0. The molecule has 0 saturated heterocycles. The van der Waals surface area contributed by atoms with Crippen LogP contribution in [-0.2, 0) is 13.0 Å². The second-order valence-electron chi connectivity index (χ2n) is 2.63. The summed E-state index contributed by atoms with van der Waals surface area (Å²) in [5.41, 5.74) is 7.73. The van der Waals surface area contributed by atoms with Gasteiger partial charge < -0.3 is 5.73 Å². The van der Waals surface area contributed by atoms with Gasteiger partial charge in [0.1, 0.15) is 0 Å². The molecule has 1 rings (SSSR count). The van der Waals surface area contributed by atoms with Crippen LogP contribution in [0.4, 0.5) is 0 Å². The van der Waals surface area contributed by atoms with E-state index in [1.807, 2.05) is 4.68 Å². The molecule has 3 heteroatoms.